The first-order chi connectivity index (χ1) is 18.6. The molecule has 4 heterocycles. The van der Waals surface area contributed by atoms with Crippen molar-refractivity contribution < 1.29 is 26.4 Å². The van der Waals surface area contributed by atoms with E-state index < -0.39 is 32.4 Å². The number of hydrogen-bond donors (Lipinski definition) is 1. The van der Waals surface area contributed by atoms with E-state index in [2.05, 4.69) is 19.9 Å². The minimum atomic E-state index is -4.04. The van der Waals surface area contributed by atoms with Crippen molar-refractivity contribution in [2.45, 2.75) is 56.4 Å². The molecule has 1 N–H and O–H groups in total. The number of nitrogens with zero attached hydrogens (tertiary/aromatic N) is 6. The monoisotopic (exact) mass is 575 g/mol. The van der Waals surface area contributed by atoms with Gasteiger partial charge in [-0.25, -0.2) is 22.5 Å². The van der Waals surface area contributed by atoms with Gasteiger partial charge in [-0.15, -0.1) is 10.2 Å². The number of rotatable bonds is 7. The normalized spacial score (nSPS) is 23.5. The lowest BCUT2D eigenvalue weighted by molar-refractivity contribution is 0.169. The number of amides is 1. The molecule has 0 unspecified atom stereocenters. The average Bonchev–Trinajstić information content (AvgIpc) is 3.68. The molecule has 3 aliphatic rings. The van der Waals surface area contributed by atoms with Gasteiger partial charge in [-0.3, -0.25) is 4.40 Å². The van der Waals surface area contributed by atoms with Crippen LogP contribution in [0.15, 0.2) is 35.4 Å². The number of nitrogens with one attached hydrogen (secondary N) is 1. The van der Waals surface area contributed by atoms with Crippen molar-refractivity contribution in [2.24, 2.45) is 5.92 Å². The van der Waals surface area contributed by atoms with E-state index in [0.717, 1.165) is 16.3 Å². The fourth-order valence-corrected chi connectivity index (χ4v) is 8.63. The lowest BCUT2D eigenvalue weighted by Gasteiger charge is -2.19. The van der Waals surface area contributed by atoms with Crippen molar-refractivity contribution >= 4 is 37.8 Å². The van der Waals surface area contributed by atoms with Gasteiger partial charge in [0.25, 0.3) is 10.0 Å². The zero-order chi connectivity index (χ0) is 27.5. The van der Waals surface area contributed by atoms with E-state index in [-0.39, 0.29) is 36.4 Å². The number of aryl methyl sites for hydroxylation is 1. The average molecular weight is 576 g/mol. The highest BCUT2D eigenvalue weighted by Gasteiger charge is 2.42. The minimum absolute atomic E-state index is 0.0164. The molecule has 1 amide bonds. The summed E-state index contributed by atoms with van der Waals surface area (Å²) in [6.45, 7) is 4.20. The quantitative estimate of drug-likeness (QED) is 0.443. The van der Waals surface area contributed by atoms with Crippen LogP contribution in [-0.4, -0.2) is 72.6 Å². The Bertz CT molecular complexity index is 1660. The van der Waals surface area contributed by atoms with E-state index >= 15 is 0 Å². The summed E-state index contributed by atoms with van der Waals surface area (Å²) in [5, 5.41) is 8.78. The van der Waals surface area contributed by atoms with Gasteiger partial charge in [0.1, 0.15) is 12.4 Å². The predicted molar refractivity (Wildman–Crippen MR) is 140 cm³/mol. The maximum absolute atomic E-state index is 13.5. The second-order valence-corrected chi connectivity index (χ2v) is 13.7. The van der Waals surface area contributed by atoms with Crippen molar-refractivity contribution in [1.29, 1.82) is 0 Å². The van der Waals surface area contributed by atoms with Crippen molar-refractivity contribution in [2.75, 3.05) is 24.0 Å². The first kappa shape index (κ1) is 26.0. The van der Waals surface area contributed by atoms with Gasteiger partial charge in [0.05, 0.1) is 23.3 Å². The summed E-state index contributed by atoms with van der Waals surface area (Å²) in [5.41, 5.74) is 2.19. The topological polar surface area (TPSA) is 156 Å². The van der Waals surface area contributed by atoms with Crippen LogP contribution in [-0.2, 0) is 31.4 Å². The van der Waals surface area contributed by atoms with Gasteiger partial charge in [-0.1, -0.05) is 31.0 Å². The summed E-state index contributed by atoms with van der Waals surface area (Å²) in [7, 11) is -7.85. The van der Waals surface area contributed by atoms with E-state index in [1.165, 1.54) is 10.5 Å². The van der Waals surface area contributed by atoms with Crippen LogP contribution in [0.2, 0.25) is 0 Å². The molecule has 1 saturated carbocycles. The largest absolute Gasteiger partial charge is 0.447 e. The molecular weight excluding hydrogens is 546 g/mol. The van der Waals surface area contributed by atoms with E-state index in [4.69, 9.17) is 4.74 Å². The molecule has 1 saturated heterocycles. The van der Waals surface area contributed by atoms with Crippen LogP contribution >= 0.6 is 0 Å². The van der Waals surface area contributed by atoms with Gasteiger partial charge in [0.15, 0.2) is 11.5 Å². The lowest BCUT2D eigenvalue weighted by atomic mass is 9.93. The molecule has 39 heavy (non-hydrogen) atoms. The van der Waals surface area contributed by atoms with E-state index in [1.54, 1.807) is 24.3 Å². The summed E-state index contributed by atoms with van der Waals surface area (Å²) in [4.78, 5) is 16.5. The summed E-state index contributed by atoms with van der Waals surface area (Å²) in [5.74, 6) is 0.984. The molecule has 15 heteroatoms. The third-order valence-electron chi connectivity index (χ3n) is 7.82. The van der Waals surface area contributed by atoms with Crippen LogP contribution in [0, 0.1) is 12.8 Å². The molecule has 2 fully saturated rings. The third-order valence-corrected chi connectivity index (χ3v) is 11.2. The molecule has 0 spiro atoms. The standard InChI is InChI=1S/C24H29N7O6S2/c1-3-16-12-17(28-39(35,36)30-10-11-37-24(30)32)13-19(16)22-27-26-21-14-25-23-20(31(21)22)8-9-29(23)38(33,34)18-6-4-15(2)5-7-18/h4-7,14,16-17,19,28H,3,8-13H2,1-2H3/t16-,17+,19+/m1/s1. The first-order valence-electron chi connectivity index (χ1n) is 12.9. The van der Waals surface area contributed by atoms with Gasteiger partial charge in [0.2, 0.25) is 0 Å². The van der Waals surface area contributed by atoms with Gasteiger partial charge >= 0.3 is 16.3 Å². The van der Waals surface area contributed by atoms with Gasteiger partial charge in [-0.2, -0.15) is 17.4 Å². The zero-order valence-electron chi connectivity index (χ0n) is 21.5. The molecule has 208 valence electrons. The highest BCUT2D eigenvalue weighted by Crippen LogP contribution is 2.42. The Balaban J connectivity index is 1.32. The first-order valence-corrected chi connectivity index (χ1v) is 15.8. The summed E-state index contributed by atoms with van der Waals surface area (Å²) >= 11 is 0. The number of anilines is 1. The summed E-state index contributed by atoms with van der Waals surface area (Å²) in [6, 6.07) is 6.32. The van der Waals surface area contributed by atoms with Gasteiger partial charge in [-0.05, 0) is 37.8 Å². The zero-order valence-corrected chi connectivity index (χ0v) is 23.2. The summed E-state index contributed by atoms with van der Waals surface area (Å²) in [6.07, 6.45) is 2.90. The number of fused-ring (bicyclic) bond motifs is 3. The molecule has 0 bridgehead atoms. The Morgan fingerprint density at radius 3 is 2.51 bits per heavy atom. The fourth-order valence-electron chi connectivity index (χ4n) is 5.88. The Labute approximate surface area is 226 Å². The number of hydrogen-bond acceptors (Lipinski definition) is 9. The number of carbonyl (C=O) groups is 1. The number of cyclic esters (lactones) is 1. The predicted octanol–water partition coefficient (Wildman–Crippen LogP) is 1.74. The number of carbonyl (C=O) groups excluding carboxylic acids is 1. The molecule has 3 atom stereocenters. The molecule has 13 nitrogen and oxygen atoms in total. The molecule has 0 radical (unpaired) electrons. The maximum Gasteiger partial charge on any atom is 0.424 e. The van der Waals surface area contributed by atoms with Crippen LogP contribution in [0.3, 0.4) is 0 Å². The van der Waals surface area contributed by atoms with Crippen molar-refractivity contribution in [3.8, 4) is 0 Å². The SMILES string of the molecule is CC[C@@H]1C[C@H](NS(=O)(=O)N2CCOC2=O)C[C@@H]1c1nnc2cnc3c(n12)CCN3S(=O)(=O)c1ccc(C)cc1. The van der Waals surface area contributed by atoms with Crippen LogP contribution < -0.4 is 9.03 Å². The van der Waals surface area contributed by atoms with E-state index in [1.807, 2.05) is 18.2 Å². The number of benzene rings is 1. The molecule has 1 aromatic carbocycles. The number of sulfonamides is 1. The third kappa shape index (κ3) is 4.32. The Morgan fingerprint density at radius 2 is 1.82 bits per heavy atom. The maximum atomic E-state index is 13.5. The molecular formula is C24H29N7O6S2. The van der Waals surface area contributed by atoms with Crippen LogP contribution in [0.1, 0.15) is 49.2 Å². The summed E-state index contributed by atoms with van der Waals surface area (Å²) < 4.78 is 64.0. The molecule has 3 aromatic rings. The molecule has 6 rings (SSSR count). The molecule has 2 aromatic heterocycles. The highest BCUT2D eigenvalue weighted by atomic mass is 32.2. The number of aromatic nitrogens is 4. The van der Waals surface area contributed by atoms with Crippen LogP contribution in [0.25, 0.3) is 5.65 Å². The van der Waals surface area contributed by atoms with E-state index in [0.29, 0.717) is 42.2 Å². The minimum Gasteiger partial charge on any atom is -0.447 e. The van der Waals surface area contributed by atoms with Crippen LogP contribution in [0.5, 0.6) is 0 Å². The van der Waals surface area contributed by atoms with E-state index in [9.17, 15) is 21.6 Å². The van der Waals surface area contributed by atoms with Crippen molar-refractivity contribution in [1.82, 2.24) is 28.6 Å². The molecule has 2 aliphatic heterocycles. The lowest BCUT2D eigenvalue weighted by Crippen LogP contribution is -2.45. The van der Waals surface area contributed by atoms with Crippen LogP contribution in [0.4, 0.5) is 10.6 Å². The van der Waals surface area contributed by atoms with Crippen molar-refractivity contribution in [3.63, 3.8) is 0 Å². The van der Waals surface area contributed by atoms with Crippen molar-refractivity contribution in [3.05, 3.63) is 47.5 Å². The Kier molecular flexibility index (Phi) is 6.26. The van der Waals surface area contributed by atoms with Gasteiger partial charge in [0, 0.05) is 24.9 Å². The Morgan fingerprint density at radius 1 is 1.05 bits per heavy atom. The fraction of sp³-hybridized carbons (Fsp3) is 0.500. The highest BCUT2D eigenvalue weighted by molar-refractivity contribution is 7.92. The number of ether oxygens (including phenoxy) is 1. The van der Waals surface area contributed by atoms with Gasteiger partial charge < -0.3 is 4.74 Å². The Hall–Kier alpha value is -3.30. The molecule has 1 aliphatic carbocycles. The second kappa shape index (κ2) is 9.41. The smallest absolute Gasteiger partial charge is 0.424 e. The second-order valence-electron chi connectivity index (χ2n) is 10.2.